The first-order valence-electron chi connectivity index (χ1n) is 5.53. The molecule has 14 heavy (non-hydrogen) atoms. The molecule has 2 heteroatoms. The topological polar surface area (TPSA) is 18.5 Å². The highest BCUT2D eigenvalue weighted by molar-refractivity contribution is 4.94. The molecule has 0 bridgehead atoms. The second-order valence-electron chi connectivity index (χ2n) is 5.29. The van der Waals surface area contributed by atoms with Gasteiger partial charge in [-0.15, -0.1) is 0 Å². The van der Waals surface area contributed by atoms with Crippen molar-refractivity contribution in [2.24, 2.45) is 10.8 Å². The normalized spacial score (nSPS) is 21.9. The van der Waals surface area contributed by atoms with Gasteiger partial charge in [0.15, 0.2) is 6.29 Å². The Hall–Kier alpha value is -0.0800. The van der Waals surface area contributed by atoms with Crippen LogP contribution in [0.15, 0.2) is 0 Å². The fourth-order valence-electron chi connectivity index (χ4n) is 2.77. The minimum Gasteiger partial charge on any atom is -0.355 e. The number of hydrogen-bond donors (Lipinski definition) is 0. The largest absolute Gasteiger partial charge is 0.355 e. The molecule has 0 radical (unpaired) electrons. The molecule has 0 aromatic carbocycles. The molecule has 0 saturated heterocycles. The Morgan fingerprint density at radius 3 is 1.86 bits per heavy atom. The van der Waals surface area contributed by atoms with Crippen LogP contribution in [0.3, 0.4) is 0 Å². The molecule has 0 amide bonds. The van der Waals surface area contributed by atoms with E-state index in [2.05, 4.69) is 20.8 Å². The maximum atomic E-state index is 5.42. The zero-order valence-electron chi connectivity index (χ0n) is 10.2. The first kappa shape index (κ1) is 12.0. The first-order valence-corrected chi connectivity index (χ1v) is 5.53. The maximum absolute atomic E-state index is 5.42. The van der Waals surface area contributed by atoms with Crippen molar-refractivity contribution in [1.82, 2.24) is 0 Å². The van der Waals surface area contributed by atoms with E-state index in [9.17, 15) is 0 Å². The number of methoxy groups -OCH3 is 2. The molecule has 1 rings (SSSR count). The summed E-state index contributed by atoms with van der Waals surface area (Å²) in [5.74, 6) is 0. The zero-order chi connectivity index (χ0) is 10.8. The Kier molecular flexibility index (Phi) is 3.59. The summed E-state index contributed by atoms with van der Waals surface area (Å²) in [4.78, 5) is 0. The van der Waals surface area contributed by atoms with E-state index >= 15 is 0 Å². The van der Waals surface area contributed by atoms with Crippen molar-refractivity contribution in [3.8, 4) is 0 Å². The van der Waals surface area contributed by atoms with Crippen molar-refractivity contribution >= 4 is 0 Å². The monoisotopic (exact) mass is 200 g/mol. The van der Waals surface area contributed by atoms with Crippen LogP contribution in [0.2, 0.25) is 0 Å². The highest BCUT2D eigenvalue weighted by Crippen LogP contribution is 2.53. The van der Waals surface area contributed by atoms with Gasteiger partial charge in [0.1, 0.15) is 0 Å². The lowest BCUT2D eigenvalue weighted by Crippen LogP contribution is -2.44. The van der Waals surface area contributed by atoms with Crippen LogP contribution in [-0.4, -0.2) is 20.5 Å². The van der Waals surface area contributed by atoms with Gasteiger partial charge in [0.2, 0.25) is 0 Å². The maximum Gasteiger partial charge on any atom is 0.162 e. The molecule has 1 fully saturated rings. The summed E-state index contributed by atoms with van der Waals surface area (Å²) in [6, 6.07) is 0. The van der Waals surface area contributed by atoms with Gasteiger partial charge in [-0.05, 0) is 18.3 Å². The standard InChI is InChI=1S/C12H24O2/c1-11(2,10(13-4)14-5)12(3)8-6-7-9-12/h10H,6-9H2,1-5H3. The average Bonchev–Trinajstić information content (AvgIpc) is 2.55. The lowest BCUT2D eigenvalue weighted by atomic mass is 9.65. The van der Waals surface area contributed by atoms with Gasteiger partial charge in [-0.3, -0.25) is 0 Å². The van der Waals surface area contributed by atoms with E-state index < -0.39 is 0 Å². The van der Waals surface area contributed by atoms with Crippen LogP contribution in [0.5, 0.6) is 0 Å². The zero-order valence-corrected chi connectivity index (χ0v) is 10.2. The second kappa shape index (κ2) is 4.19. The molecule has 0 N–H and O–H groups in total. The molecule has 84 valence electrons. The van der Waals surface area contributed by atoms with Crippen molar-refractivity contribution in [3.63, 3.8) is 0 Å². The van der Waals surface area contributed by atoms with E-state index in [0.717, 1.165) is 0 Å². The highest BCUT2D eigenvalue weighted by atomic mass is 16.7. The van der Waals surface area contributed by atoms with E-state index in [1.54, 1.807) is 14.2 Å². The summed E-state index contributed by atoms with van der Waals surface area (Å²) in [6.07, 6.45) is 5.19. The van der Waals surface area contributed by atoms with Crippen LogP contribution < -0.4 is 0 Å². The molecule has 0 unspecified atom stereocenters. The minimum absolute atomic E-state index is 0.0903. The molecule has 0 aromatic rings. The predicted molar refractivity (Wildman–Crippen MR) is 58.2 cm³/mol. The van der Waals surface area contributed by atoms with Crippen molar-refractivity contribution < 1.29 is 9.47 Å². The Balaban J connectivity index is 2.80. The second-order valence-corrected chi connectivity index (χ2v) is 5.29. The molecule has 1 saturated carbocycles. The number of ether oxygens (including phenoxy) is 2. The summed E-state index contributed by atoms with van der Waals surface area (Å²) in [6.45, 7) is 6.89. The molecule has 0 heterocycles. The van der Waals surface area contributed by atoms with Crippen LogP contribution in [0, 0.1) is 10.8 Å². The Morgan fingerprint density at radius 1 is 1.07 bits per heavy atom. The molecule has 0 spiro atoms. The van der Waals surface area contributed by atoms with E-state index in [4.69, 9.17) is 9.47 Å². The fourth-order valence-corrected chi connectivity index (χ4v) is 2.77. The van der Waals surface area contributed by atoms with Crippen LogP contribution in [0.4, 0.5) is 0 Å². The van der Waals surface area contributed by atoms with E-state index in [1.165, 1.54) is 25.7 Å². The third-order valence-electron chi connectivity index (χ3n) is 4.28. The minimum atomic E-state index is -0.0920. The molecule has 0 aromatic heterocycles. The smallest absolute Gasteiger partial charge is 0.162 e. The highest BCUT2D eigenvalue weighted by Gasteiger charge is 2.48. The third kappa shape index (κ3) is 1.82. The van der Waals surface area contributed by atoms with E-state index in [-0.39, 0.29) is 11.7 Å². The summed E-state index contributed by atoms with van der Waals surface area (Å²) >= 11 is 0. The summed E-state index contributed by atoms with van der Waals surface area (Å²) in [7, 11) is 3.46. The van der Waals surface area contributed by atoms with Crippen LogP contribution in [0.1, 0.15) is 46.5 Å². The van der Waals surface area contributed by atoms with Gasteiger partial charge in [0.25, 0.3) is 0 Å². The van der Waals surface area contributed by atoms with Gasteiger partial charge >= 0.3 is 0 Å². The SMILES string of the molecule is COC(OC)C(C)(C)C1(C)CCCC1. The molecular weight excluding hydrogens is 176 g/mol. The molecule has 1 aliphatic rings. The lowest BCUT2D eigenvalue weighted by molar-refractivity contribution is -0.202. The van der Waals surface area contributed by atoms with E-state index in [1.807, 2.05) is 0 Å². The van der Waals surface area contributed by atoms with Gasteiger partial charge in [0, 0.05) is 19.6 Å². The van der Waals surface area contributed by atoms with Gasteiger partial charge in [0.05, 0.1) is 0 Å². The van der Waals surface area contributed by atoms with Gasteiger partial charge < -0.3 is 9.47 Å². The van der Waals surface area contributed by atoms with Crippen LogP contribution in [-0.2, 0) is 9.47 Å². The quantitative estimate of drug-likeness (QED) is 0.649. The van der Waals surface area contributed by atoms with Crippen molar-refractivity contribution in [3.05, 3.63) is 0 Å². The number of hydrogen-bond acceptors (Lipinski definition) is 2. The first-order chi connectivity index (χ1) is 6.48. The summed E-state index contributed by atoms with van der Waals surface area (Å²) in [5, 5.41) is 0. The van der Waals surface area contributed by atoms with Gasteiger partial charge in [-0.2, -0.15) is 0 Å². The van der Waals surface area contributed by atoms with Crippen LogP contribution in [0.25, 0.3) is 0 Å². The molecule has 0 aliphatic heterocycles. The van der Waals surface area contributed by atoms with Crippen molar-refractivity contribution in [2.45, 2.75) is 52.7 Å². The summed E-state index contributed by atoms with van der Waals surface area (Å²) in [5.41, 5.74) is 0.455. The van der Waals surface area contributed by atoms with Gasteiger partial charge in [-0.25, -0.2) is 0 Å². The average molecular weight is 200 g/mol. The third-order valence-corrected chi connectivity index (χ3v) is 4.28. The predicted octanol–water partition coefficient (Wildman–Crippen LogP) is 3.21. The van der Waals surface area contributed by atoms with E-state index in [0.29, 0.717) is 5.41 Å². The molecule has 1 aliphatic carbocycles. The van der Waals surface area contributed by atoms with Gasteiger partial charge in [-0.1, -0.05) is 33.6 Å². The molecular formula is C12H24O2. The van der Waals surface area contributed by atoms with Crippen molar-refractivity contribution in [2.75, 3.05) is 14.2 Å². The number of rotatable bonds is 4. The molecule has 2 nitrogen and oxygen atoms in total. The fraction of sp³-hybridized carbons (Fsp3) is 1.00. The lowest BCUT2D eigenvalue weighted by Gasteiger charge is -2.45. The Morgan fingerprint density at radius 2 is 1.50 bits per heavy atom. The van der Waals surface area contributed by atoms with Crippen LogP contribution >= 0.6 is 0 Å². The van der Waals surface area contributed by atoms with Crippen molar-refractivity contribution in [1.29, 1.82) is 0 Å². The Bertz CT molecular complexity index is 177. The molecule has 0 atom stereocenters. The Labute approximate surface area is 88.0 Å². The summed E-state index contributed by atoms with van der Waals surface area (Å²) < 4.78 is 10.8.